The fourth-order valence-electron chi connectivity index (χ4n) is 4.73. The first kappa shape index (κ1) is 20.7. The van der Waals surface area contributed by atoms with Gasteiger partial charge < -0.3 is 4.74 Å². The summed E-state index contributed by atoms with van der Waals surface area (Å²) in [5, 5.41) is 10.4. The molecule has 3 aromatic rings. The molecule has 0 amide bonds. The van der Waals surface area contributed by atoms with E-state index in [1.807, 2.05) is 48.3 Å². The van der Waals surface area contributed by atoms with Gasteiger partial charge >= 0.3 is 0 Å². The van der Waals surface area contributed by atoms with Gasteiger partial charge in [-0.25, -0.2) is 4.68 Å². The zero-order valence-corrected chi connectivity index (χ0v) is 19.0. The highest BCUT2D eigenvalue weighted by atomic mass is 16.5. The number of para-hydroxylation sites is 1. The van der Waals surface area contributed by atoms with Crippen LogP contribution in [0.1, 0.15) is 30.0 Å². The van der Waals surface area contributed by atoms with Gasteiger partial charge in [-0.05, 0) is 48.6 Å². The van der Waals surface area contributed by atoms with Gasteiger partial charge in [0, 0.05) is 30.0 Å². The average Bonchev–Trinajstić information content (AvgIpc) is 3.21. The zero-order chi connectivity index (χ0) is 23.1. The molecule has 7 nitrogen and oxygen atoms in total. The number of rotatable bonds is 4. The van der Waals surface area contributed by atoms with Crippen LogP contribution in [0.3, 0.4) is 0 Å². The predicted octanol–water partition coefficient (Wildman–Crippen LogP) is 4.47. The van der Waals surface area contributed by atoms with Crippen LogP contribution in [0.15, 0.2) is 71.8 Å². The molecule has 0 radical (unpaired) electrons. The van der Waals surface area contributed by atoms with E-state index in [1.54, 1.807) is 4.68 Å². The zero-order valence-electron chi connectivity index (χ0n) is 19.0. The molecule has 0 aliphatic carbocycles. The highest BCUT2D eigenvalue weighted by Crippen LogP contribution is 2.28. The molecule has 0 saturated carbocycles. The topological polar surface area (TPSA) is 74.8 Å². The smallest absolute Gasteiger partial charge is 0.297 e. The second-order valence-electron chi connectivity index (χ2n) is 8.94. The van der Waals surface area contributed by atoms with Gasteiger partial charge in [0.2, 0.25) is 0 Å². The van der Waals surface area contributed by atoms with Crippen molar-refractivity contribution in [3.05, 3.63) is 88.5 Å². The van der Waals surface area contributed by atoms with E-state index in [2.05, 4.69) is 35.3 Å². The van der Waals surface area contributed by atoms with Crippen LogP contribution in [-0.2, 0) is 11.3 Å². The molecule has 1 atom stereocenters. The molecular formula is C27H25N5O2. The Kier molecular flexibility index (Phi) is 5.19. The normalized spacial score (nSPS) is 16.3. The summed E-state index contributed by atoms with van der Waals surface area (Å²) >= 11 is 0. The SMILES string of the molecule is Cc1cncc(-c2ccc(Cn3nc4c(=O)n(C5CCCOC5)nc-4c4ccccc43)cc2)c1. The van der Waals surface area contributed by atoms with Crippen LogP contribution in [0, 0.1) is 6.92 Å². The van der Waals surface area contributed by atoms with Gasteiger partial charge in [-0.2, -0.15) is 10.2 Å². The van der Waals surface area contributed by atoms with Crippen LogP contribution < -0.4 is 5.56 Å². The van der Waals surface area contributed by atoms with E-state index in [9.17, 15) is 4.79 Å². The number of nitrogens with zero attached hydrogens (tertiary/aromatic N) is 5. The van der Waals surface area contributed by atoms with E-state index in [4.69, 9.17) is 14.9 Å². The van der Waals surface area contributed by atoms with E-state index >= 15 is 0 Å². The molecular weight excluding hydrogens is 426 g/mol. The third-order valence-electron chi connectivity index (χ3n) is 6.48. The third-order valence-corrected chi connectivity index (χ3v) is 6.48. The highest BCUT2D eigenvalue weighted by molar-refractivity contribution is 5.92. The van der Waals surface area contributed by atoms with Crippen molar-refractivity contribution in [2.75, 3.05) is 13.2 Å². The van der Waals surface area contributed by atoms with Crippen LogP contribution in [0.4, 0.5) is 0 Å². The van der Waals surface area contributed by atoms with Crippen molar-refractivity contribution in [2.24, 2.45) is 0 Å². The molecule has 1 aromatic heterocycles. The molecule has 1 saturated heterocycles. The first-order valence-electron chi connectivity index (χ1n) is 11.6. The lowest BCUT2D eigenvalue weighted by Gasteiger charge is -2.21. The summed E-state index contributed by atoms with van der Waals surface area (Å²) in [5.74, 6) is 0. The molecule has 0 bridgehead atoms. The Morgan fingerprint density at radius 3 is 2.65 bits per heavy atom. The van der Waals surface area contributed by atoms with Gasteiger partial charge in [0.1, 0.15) is 5.69 Å². The molecule has 34 heavy (non-hydrogen) atoms. The summed E-state index contributed by atoms with van der Waals surface area (Å²) in [6.45, 7) is 3.86. The Hall–Kier alpha value is -3.84. The second-order valence-corrected chi connectivity index (χ2v) is 8.94. The lowest BCUT2D eigenvalue weighted by molar-refractivity contribution is 0.0540. The summed E-state index contributed by atoms with van der Waals surface area (Å²) in [7, 11) is 0. The van der Waals surface area contributed by atoms with Crippen molar-refractivity contribution >= 4 is 10.9 Å². The molecule has 3 aliphatic heterocycles. The number of aryl methyl sites for hydroxylation is 1. The van der Waals surface area contributed by atoms with Crippen LogP contribution in [0.2, 0.25) is 0 Å². The van der Waals surface area contributed by atoms with Crippen LogP contribution >= 0.6 is 0 Å². The third kappa shape index (κ3) is 3.68. The van der Waals surface area contributed by atoms with Crippen molar-refractivity contribution in [3.8, 4) is 22.5 Å². The largest absolute Gasteiger partial charge is 0.379 e. The molecule has 1 fully saturated rings. The molecule has 7 heteroatoms. The fraction of sp³-hybridized carbons (Fsp3) is 0.259. The monoisotopic (exact) mass is 451 g/mol. The summed E-state index contributed by atoms with van der Waals surface area (Å²) in [5.41, 5.74) is 6.33. The Morgan fingerprint density at radius 1 is 1.00 bits per heavy atom. The summed E-state index contributed by atoms with van der Waals surface area (Å²) in [4.78, 5) is 17.6. The number of hydrogen-bond donors (Lipinski definition) is 0. The fourth-order valence-corrected chi connectivity index (χ4v) is 4.73. The van der Waals surface area contributed by atoms with Crippen LogP contribution in [-0.4, -0.2) is 37.8 Å². The molecule has 6 rings (SSSR count). The number of fused-ring (bicyclic) bond motifs is 3. The minimum Gasteiger partial charge on any atom is -0.379 e. The lowest BCUT2D eigenvalue weighted by atomic mass is 10.0. The quantitative estimate of drug-likeness (QED) is 0.403. The summed E-state index contributed by atoms with van der Waals surface area (Å²) in [6, 6.07) is 18.5. The average molecular weight is 452 g/mol. The number of ether oxygens (including phenoxy) is 1. The van der Waals surface area contributed by atoms with Crippen molar-refractivity contribution < 1.29 is 4.74 Å². The minimum atomic E-state index is -0.146. The first-order chi connectivity index (χ1) is 16.7. The van der Waals surface area contributed by atoms with Gasteiger partial charge in [0.05, 0.1) is 24.7 Å². The Bertz CT molecular complexity index is 1500. The van der Waals surface area contributed by atoms with E-state index in [0.29, 0.717) is 24.5 Å². The maximum absolute atomic E-state index is 13.3. The molecule has 0 N–H and O–H groups in total. The number of benzene rings is 2. The molecule has 4 heterocycles. The van der Waals surface area contributed by atoms with Gasteiger partial charge in [0.25, 0.3) is 5.56 Å². The van der Waals surface area contributed by atoms with Gasteiger partial charge in [0.15, 0.2) is 5.69 Å². The van der Waals surface area contributed by atoms with E-state index in [-0.39, 0.29) is 11.6 Å². The second kappa shape index (κ2) is 8.50. The van der Waals surface area contributed by atoms with Crippen LogP contribution in [0.5, 0.6) is 0 Å². The Balaban J connectivity index is 1.40. The van der Waals surface area contributed by atoms with Crippen LogP contribution in [0.25, 0.3) is 33.4 Å². The van der Waals surface area contributed by atoms with E-state index < -0.39 is 0 Å². The maximum atomic E-state index is 13.3. The molecule has 2 aromatic carbocycles. The Labute approximate surface area is 197 Å². The van der Waals surface area contributed by atoms with Crippen molar-refractivity contribution in [1.82, 2.24) is 24.5 Å². The van der Waals surface area contributed by atoms with Gasteiger partial charge in [-0.1, -0.05) is 42.5 Å². The standard InChI is InChI=1S/C27H25N5O2/c1-18-13-21(15-28-14-18)20-10-8-19(9-11-20)16-31-24-7-3-2-6-23(24)25-26(29-31)27(33)32(30-25)22-5-4-12-34-17-22/h2-3,6-11,13-15,22H,4-5,12,16-17H2,1H3. The molecule has 1 unspecified atom stereocenters. The number of hydrogen-bond acceptors (Lipinski definition) is 5. The number of pyridine rings is 1. The van der Waals surface area contributed by atoms with E-state index in [0.717, 1.165) is 52.6 Å². The molecule has 0 spiro atoms. The predicted molar refractivity (Wildman–Crippen MR) is 131 cm³/mol. The summed E-state index contributed by atoms with van der Waals surface area (Å²) in [6.07, 6.45) is 5.56. The minimum absolute atomic E-state index is 0.0358. The van der Waals surface area contributed by atoms with Crippen molar-refractivity contribution in [1.29, 1.82) is 0 Å². The summed E-state index contributed by atoms with van der Waals surface area (Å²) < 4.78 is 9.09. The maximum Gasteiger partial charge on any atom is 0.297 e. The van der Waals surface area contributed by atoms with Gasteiger partial charge in [-0.3, -0.25) is 14.5 Å². The van der Waals surface area contributed by atoms with E-state index in [1.165, 1.54) is 0 Å². The van der Waals surface area contributed by atoms with Gasteiger partial charge in [-0.15, -0.1) is 0 Å². The molecule has 3 aliphatic rings. The molecule has 170 valence electrons. The highest BCUT2D eigenvalue weighted by Gasteiger charge is 2.26. The Morgan fingerprint density at radius 2 is 1.85 bits per heavy atom. The number of aromatic nitrogens is 5. The van der Waals surface area contributed by atoms with Crippen molar-refractivity contribution in [3.63, 3.8) is 0 Å². The van der Waals surface area contributed by atoms with Crippen molar-refractivity contribution in [2.45, 2.75) is 32.4 Å². The lowest BCUT2D eigenvalue weighted by Crippen LogP contribution is -2.29. The first-order valence-corrected chi connectivity index (χ1v) is 11.6.